The van der Waals surface area contributed by atoms with Gasteiger partial charge in [0.1, 0.15) is 5.75 Å². The Morgan fingerprint density at radius 2 is 1.67 bits per heavy atom. The van der Waals surface area contributed by atoms with Crippen LogP contribution in [0.15, 0.2) is 17.1 Å². The lowest BCUT2D eigenvalue weighted by Gasteiger charge is -2.14. The topological polar surface area (TPSA) is 80.9 Å². The van der Waals surface area contributed by atoms with Gasteiger partial charge in [-0.2, -0.15) is 10.3 Å². The summed E-state index contributed by atoms with van der Waals surface area (Å²) in [6.07, 6.45) is 1.36. The number of hydrogen-bond donors (Lipinski definition) is 0. The van der Waals surface area contributed by atoms with Crippen LogP contribution in [0.1, 0.15) is 11.6 Å². The number of methoxy groups -OCH3 is 3. The van der Waals surface area contributed by atoms with Crippen molar-refractivity contribution in [1.29, 1.82) is 5.26 Å². The Hall–Kier alpha value is -2.51. The molecule has 0 bridgehead atoms. The van der Waals surface area contributed by atoms with Crippen molar-refractivity contribution in [2.24, 2.45) is 4.99 Å². The Labute approximate surface area is 104 Å². The molecule has 0 fully saturated rings. The van der Waals surface area contributed by atoms with Crippen LogP contribution in [-0.4, -0.2) is 27.4 Å². The van der Waals surface area contributed by atoms with Crippen molar-refractivity contribution >= 4 is 6.08 Å². The van der Waals surface area contributed by atoms with Crippen molar-refractivity contribution in [2.45, 2.75) is 6.04 Å². The van der Waals surface area contributed by atoms with Gasteiger partial charge in [-0.1, -0.05) is 0 Å². The van der Waals surface area contributed by atoms with E-state index in [-0.39, 0.29) is 0 Å². The molecule has 0 aliphatic rings. The van der Waals surface area contributed by atoms with E-state index < -0.39 is 6.04 Å². The largest absolute Gasteiger partial charge is 0.496 e. The zero-order valence-corrected chi connectivity index (χ0v) is 10.3. The number of benzene rings is 1. The summed E-state index contributed by atoms with van der Waals surface area (Å²) in [6, 6.07) is 4.00. The molecule has 0 N–H and O–H groups in total. The second-order valence-corrected chi connectivity index (χ2v) is 3.20. The molecule has 0 spiro atoms. The van der Waals surface area contributed by atoms with E-state index in [9.17, 15) is 4.79 Å². The highest BCUT2D eigenvalue weighted by atomic mass is 16.5. The molecule has 1 atom stereocenters. The monoisotopic (exact) mass is 248 g/mol. The van der Waals surface area contributed by atoms with Gasteiger partial charge in [0.2, 0.25) is 6.08 Å². The Balaban J connectivity index is 3.42. The first kappa shape index (κ1) is 13.6. The molecule has 0 radical (unpaired) electrons. The molecule has 6 nitrogen and oxygen atoms in total. The van der Waals surface area contributed by atoms with Gasteiger partial charge in [0, 0.05) is 11.6 Å². The highest BCUT2D eigenvalue weighted by Crippen LogP contribution is 2.38. The van der Waals surface area contributed by atoms with Gasteiger partial charge in [-0.15, -0.1) is 0 Å². The summed E-state index contributed by atoms with van der Waals surface area (Å²) in [6.45, 7) is 0. The molecule has 0 saturated carbocycles. The third-order valence-electron chi connectivity index (χ3n) is 2.33. The highest BCUT2D eigenvalue weighted by molar-refractivity contribution is 5.53. The molecule has 1 aromatic carbocycles. The molecule has 94 valence electrons. The lowest BCUT2D eigenvalue weighted by molar-refractivity contribution is 0.347. The van der Waals surface area contributed by atoms with Crippen LogP contribution in [0, 0.1) is 11.3 Å². The minimum Gasteiger partial charge on any atom is -0.496 e. The Morgan fingerprint density at radius 3 is 2.11 bits per heavy atom. The fourth-order valence-electron chi connectivity index (χ4n) is 1.49. The minimum atomic E-state index is -0.989. The van der Waals surface area contributed by atoms with Gasteiger partial charge in [-0.3, -0.25) is 0 Å². The van der Waals surface area contributed by atoms with E-state index in [1.165, 1.54) is 27.4 Å². The number of aliphatic imine (C=N–C) groups is 1. The predicted octanol–water partition coefficient (Wildman–Crippen LogP) is 1.61. The van der Waals surface area contributed by atoms with Gasteiger partial charge >= 0.3 is 0 Å². The van der Waals surface area contributed by atoms with E-state index >= 15 is 0 Å². The van der Waals surface area contributed by atoms with Gasteiger partial charge in [0.25, 0.3) is 0 Å². The number of isocyanates is 1. The molecule has 0 amide bonds. The van der Waals surface area contributed by atoms with Gasteiger partial charge in [0.05, 0.1) is 27.4 Å². The molecule has 1 unspecified atom stereocenters. The molecular formula is C12H12N2O4. The fraction of sp³-hybridized carbons (Fsp3) is 0.333. The summed E-state index contributed by atoms with van der Waals surface area (Å²) in [5.74, 6) is 1.28. The van der Waals surface area contributed by atoms with Crippen LogP contribution in [0.3, 0.4) is 0 Å². The van der Waals surface area contributed by atoms with Gasteiger partial charge in [-0.25, -0.2) is 4.79 Å². The standard InChI is InChI=1S/C12H12N2O4/c1-16-10-5-12(18-3)11(17-2)4-8(10)9(6-13)14-7-15/h4-5,9H,1-3H3. The zero-order chi connectivity index (χ0) is 13.5. The van der Waals surface area contributed by atoms with Gasteiger partial charge < -0.3 is 14.2 Å². The van der Waals surface area contributed by atoms with Crippen molar-refractivity contribution in [2.75, 3.05) is 21.3 Å². The zero-order valence-electron chi connectivity index (χ0n) is 10.3. The lowest BCUT2D eigenvalue weighted by Crippen LogP contribution is -2.00. The van der Waals surface area contributed by atoms with Crippen LogP contribution in [0.5, 0.6) is 17.2 Å². The van der Waals surface area contributed by atoms with Crippen LogP contribution in [-0.2, 0) is 4.79 Å². The SMILES string of the molecule is COc1cc(OC)c(C(C#N)N=C=O)cc1OC. The average Bonchev–Trinajstić information content (AvgIpc) is 2.43. The van der Waals surface area contributed by atoms with E-state index in [0.717, 1.165) is 0 Å². The Kier molecular flexibility index (Phi) is 4.73. The molecule has 0 aliphatic carbocycles. The minimum absolute atomic E-state index is 0.387. The Morgan fingerprint density at radius 1 is 1.11 bits per heavy atom. The van der Waals surface area contributed by atoms with Crippen LogP contribution in [0.25, 0.3) is 0 Å². The summed E-state index contributed by atoms with van der Waals surface area (Å²) in [4.78, 5) is 13.7. The summed E-state index contributed by atoms with van der Waals surface area (Å²) in [5, 5.41) is 8.97. The van der Waals surface area contributed by atoms with Gasteiger partial charge in [0.15, 0.2) is 17.5 Å². The molecule has 1 rings (SSSR count). The number of hydrogen-bond acceptors (Lipinski definition) is 6. The molecule has 1 aromatic rings. The van der Waals surface area contributed by atoms with E-state index in [4.69, 9.17) is 19.5 Å². The second kappa shape index (κ2) is 6.28. The molecular weight excluding hydrogens is 236 g/mol. The van der Waals surface area contributed by atoms with Crippen LogP contribution < -0.4 is 14.2 Å². The summed E-state index contributed by atoms with van der Waals surface area (Å²) in [5.41, 5.74) is 0.418. The Bertz CT molecular complexity index is 516. The van der Waals surface area contributed by atoms with Crippen molar-refractivity contribution in [1.82, 2.24) is 0 Å². The van der Waals surface area contributed by atoms with Crippen molar-refractivity contribution in [3.05, 3.63) is 17.7 Å². The summed E-state index contributed by atoms with van der Waals surface area (Å²) >= 11 is 0. The van der Waals surface area contributed by atoms with E-state index in [0.29, 0.717) is 22.8 Å². The lowest BCUT2D eigenvalue weighted by atomic mass is 10.1. The van der Waals surface area contributed by atoms with Crippen LogP contribution in [0.4, 0.5) is 0 Å². The van der Waals surface area contributed by atoms with E-state index in [2.05, 4.69) is 4.99 Å². The third-order valence-corrected chi connectivity index (χ3v) is 2.33. The molecule has 18 heavy (non-hydrogen) atoms. The quantitative estimate of drug-likeness (QED) is 0.584. The number of nitrogens with zero attached hydrogens (tertiary/aromatic N) is 2. The molecule has 0 heterocycles. The number of nitriles is 1. The van der Waals surface area contributed by atoms with Crippen LogP contribution in [0.2, 0.25) is 0 Å². The first-order chi connectivity index (χ1) is 8.71. The van der Waals surface area contributed by atoms with E-state index in [1.54, 1.807) is 12.1 Å². The molecule has 0 aliphatic heterocycles. The van der Waals surface area contributed by atoms with Crippen molar-refractivity contribution in [3.63, 3.8) is 0 Å². The maximum absolute atomic E-state index is 10.3. The normalized spacial score (nSPS) is 10.8. The fourth-order valence-corrected chi connectivity index (χ4v) is 1.49. The van der Waals surface area contributed by atoms with Crippen LogP contribution >= 0.6 is 0 Å². The summed E-state index contributed by atoms with van der Waals surface area (Å²) in [7, 11) is 4.41. The van der Waals surface area contributed by atoms with E-state index in [1.807, 2.05) is 6.07 Å². The third kappa shape index (κ3) is 2.59. The predicted molar refractivity (Wildman–Crippen MR) is 62.6 cm³/mol. The maximum atomic E-state index is 10.3. The van der Waals surface area contributed by atoms with Crippen molar-refractivity contribution in [3.8, 4) is 23.3 Å². The maximum Gasteiger partial charge on any atom is 0.236 e. The summed E-state index contributed by atoms with van der Waals surface area (Å²) < 4.78 is 15.4. The molecule has 0 saturated heterocycles. The number of rotatable bonds is 5. The average molecular weight is 248 g/mol. The highest BCUT2D eigenvalue weighted by Gasteiger charge is 2.19. The number of carbonyl (C=O) groups excluding carboxylic acids is 1. The van der Waals surface area contributed by atoms with Crippen molar-refractivity contribution < 1.29 is 19.0 Å². The molecule has 6 heteroatoms. The second-order valence-electron chi connectivity index (χ2n) is 3.20. The first-order valence-corrected chi connectivity index (χ1v) is 4.98. The van der Waals surface area contributed by atoms with Gasteiger partial charge in [-0.05, 0) is 6.07 Å². The molecule has 0 aromatic heterocycles. The number of ether oxygens (including phenoxy) is 3. The first-order valence-electron chi connectivity index (χ1n) is 4.98. The smallest absolute Gasteiger partial charge is 0.236 e.